The number of aryl methyl sites for hydroxylation is 1. The minimum atomic E-state index is -3.62. The maximum atomic E-state index is 10.8. The van der Waals surface area contributed by atoms with Crippen molar-refractivity contribution in [2.24, 2.45) is 7.05 Å². The zero-order valence-electron chi connectivity index (χ0n) is 8.29. The van der Waals surface area contributed by atoms with E-state index in [9.17, 15) is 8.42 Å². The van der Waals surface area contributed by atoms with Gasteiger partial charge in [0.2, 0.25) is 14.8 Å². The molecule has 0 radical (unpaired) electrons. The molecule has 0 spiro atoms. The summed E-state index contributed by atoms with van der Waals surface area (Å²) in [5.41, 5.74) is 0.257. The van der Waals surface area contributed by atoms with Crippen LogP contribution in [0.4, 0.5) is 0 Å². The van der Waals surface area contributed by atoms with E-state index in [1.165, 1.54) is 6.07 Å². The zero-order chi connectivity index (χ0) is 11.8. The lowest BCUT2D eigenvalue weighted by molar-refractivity contribution is 0.422. The van der Waals surface area contributed by atoms with Gasteiger partial charge < -0.3 is 9.09 Å². The Morgan fingerprint density at radius 2 is 2.31 bits per heavy atom. The maximum absolute atomic E-state index is 10.8. The Labute approximate surface area is 96.3 Å². The number of halogens is 1. The Kier molecular flexibility index (Phi) is 2.73. The highest BCUT2D eigenvalue weighted by atomic mass is 35.7. The fourth-order valence-corrected chi connectivity index (χ4v) is 2.09. The van der Waals surface area contributed by atoms with Crippen LogP contribution in [0.15, 0.2) is 23.0 Å². The molecule has 0 saturated heterocycles. The molecule has 0 aliphatic carbocycles. The largest absolute Gasteiger partial charge is 0.353 e. The summed E-state index contributed by atoms with van der Waals surface area (Å²) < 4.78 is 28.4. The molecule has 0 atom stereocenters. The highest BCUT2D eigenvalue weighted by Gasteiger charge is 2.15. The average Bonchev–Trinajstić information content (AvgIpc) is 2.71. The molecule has 2 rings (SSSR count). The first-order valence-electron chi connectivity index (χ1n) is 4.31. The normalized spacial score (nSPS) is 11.9. The zero-order valence-corrected chi connectivity index (χ0v) is 9.86. The van der Waals surface area contributed by atoms with E-state index in [1.807, 2.05) is 0 Å². The van der Waals surface area contributed by atoms with E-state index < -0.39 is 9.05 Å². The van der Waals surface area contributed by atoms with Crippen molar-refractivity contribution in [2.45, 2.75) is 5.75 Å². The van der Waals surface area contributed by atoms with Crippen molar-refractivity contribution < 1.29 is 12.9 Å². The van der Waals surface area contributed by atoms with Crippen LogP contribution in [0.25, 0.3) is 11.6 Å². The van der Waals surface area contributed by atoms with Crippen LogP contribution in [0.3, 0.4) is 0 Å². The van der Waals surface area contributed by atoms with Crippen molar-refractivity contribution in [3.63, 3.8) is 0 Å². The SMILES string of the molecule is Cn1ccnc1-c1cc(CS(=O)(=O)Cl)no1. The summed E-state index contributed by atoms with van der Waals surface area (Å²) in [6, 6.07) is 1.50. The van der Waals surface area contributed by atoms with Gasteiger partial charge in [0.25, 0.3) is 0 Å². The third-order valence-corrected chi connectivity index (χ3v) is 2.89. The van der Waals surface area contributed by atoms with Gasteiger partial charge in [-0.3, -0.25) is 0 Å². The Balaban J connectivity index is 2.30. The van der Waals surface area contributed by atoms with E-state index in [0.29, 0.717) is 11.6 Å². The van der Waals surface area contributed by atoms with Gasteiger partial charge in [0, 0.05) is 36.2 Å². The van der Waals surface area contributed by atoms with Crippen LogP contribution in [0.2, 0.25) is 0 Å². The molecular weight excluding hydrogens is 254 g/mol. The van der Waals surface area contributed by atoms with Crippen LogP contribution in [0.5, 0.6) is 0 Å². The topological polar surface area (TPSA) is 78.0 Å². The minimum Gasteiger partial charge on any atom is -0.353 e. The lowest BCUT2D eigenvalue weighted by atomic mass is 10.4. The summed E-state index contributed by atoms with van der Waals surface area (Å²) in [5.74, 6) is 0.621. The molecular formula is C8H8ClN3O3S. The second-order valence-corrected chi connectivity index (χ2v) is 6.00. The second kappa shape index (κ2) is 3.91. The number of hydrogen-bond donors (Lipinski definition) is 0. The van der Waals surface area contributed by atoms with Gasteiger partial charge in [-0.05, 0) is 0 Å². The van der Waals surface area contributed by atoms with Crippen LogP contribution in [-0.4, -0.2) is 23.1 Å². The molecule has 16 heavy (non-hydrogen) atoms. The quantitative estimate of drug-likeness (QED) is 0.775. The number of nitrogens with zero attached hydrogens (tertiary/aromatic N) is 3. The van der Waals surface area contributed by atoms with Crippen molar-refractivity contribution in [1.82, 2.24) is 14.7 Å². The van der Waals surface area contributed by atoms with Crippen molar-refractivity contribution in [2.75, 3.05) is 0 Å². The molecule has 0 fully saturated rings. The number of imidazole rings is 1. The number of rotatable bonds is 3. The van der Waals surface area contributed by atoms with Crippen LogP contribution < -0.4 is 0 Å². The maximum Gasteiger partial charge on any atom is 0.238 e. The molecule has 0 bridgehead atoms. The van der Waals surface area contributed by atoms with Crippen molar-refractivity contribution >= 4 is 19.7 Å². The highest BCUT2D eigenvalue weighted by molar-refractivity contribution is 8.13. The molecule has 8 heteroatoms. The van der Waals surface area contributed by atoms with Gasteiger partial charge in [-0.15, -0.1) is 0 Å². The van der Waals surface area contributed by atoms with Gasteiger partial charge in [0.15, 0.2) is 5.82 Å². The first-order chi connectivity index (χ1) is 7.46. The van der Waals surface area contributed by atoms with E-state index in [4.69, 9.17) is 15.2 Å². The standard InChI is InChI=1S/C8H8ClN3O3S/c1-12-3-2-10-8(12)7-4-6(11-15-7)5-16(9,13)14/h2-4H,5H2,1H3. The Morgan fingerprint density at radius 1 is 1.56 bits per heavy atom. The molecule has 0 saturated carbocycles. The molecule has 86 valence electrons. The predicted octanol–water partition coefficient (Wildman–Crippen LogP) is 1.14. The lowest BCUT2D eigenvalue weighted by Gasteiger charge is -1.93. The average molecular weight is 262 g/mol. The molecule has 0 aliphatic rings. The molecule has 2 heterocycles. The molecule has 2 aromatic heterocycles. The monoisotopic (exact) mass is 261 g/mol. The Hall–Kier alpha value is -1.34. The van der Waals surface area contributed by atoms with E-state index >= 15 is 0 Å². The Bertz CT molecular complexity index is 602. The summed E-state index contributed by atoms with van der Waals surface area (Å²) in [5, 5.41) is 3.61. The number of aromatic nitrogens is 3. The van der Waals surface area contributed by atoms with Crippen LogP contribution >= 0.6 is 10.7 Å². The van der Waals surface area contributed by atoms with E-state index in [-0.39, 0.29) is 11.4 Å². The first kappa shape index (κ1) is 11.2. The molecule has 0 unspecified atom stereocenters. The predicted molar refractivity (Wildman–Crippen MR) is 57.2 cm³/mol. The summed E-state index contributed by atoms with van der Waals surface area (Å²) in [7, 11) is 3.28. The molecule has 0 amide bonds. The molecule has 6 nitrogen and oxygen atoms in total. The smallest absolute Gasteiger partial charge is 0.238 e. The summed E-state index contributed by atoms with van der Waals surface area (Å²) in [6.45, 7) is 0. The summed E-state index contributed by atoms with van der Waals surface area (Å²) >= 11 is 0. The third-order valence-electron chi connectivity index (χ3n) is 1.92. The molecule has 2 aromatic rings. The summed E-state index contributed by atoms with van der Waals surface area (Å²) in [6.07, 6.45) is 3.35. The molecule has 0 aliphatic heterocycles. The van der Waals surface area contributed by atoms with Gasteiger partial charge >= 0.3 is 0 Å². The third kappa shape index (κ3) is 2.42. The van der Waals surface area contributed by atoms with E-state index in [1.54, 1.807) is 24.0 Å². The van der Waals surface area contributed by atoms with Gasteiger partial charge in [-0.2, -0.15) is 0 Å². The van der Waals surface area contributed by atoms with Crippen molar-refractivity contribution in [3.8, 4) is 11.6 Å². The van der Waals surface area contributed by atoms with Gasteiger partial charge in [0.1, 0.15) is 11.4 Å². The van der Waals surface area contributed by atoms with Gasteiger partial charge in [-0.25, -0.2) is 13.4 Å². The second-order valence-electron chi connectivity index (χ2n) is 3.23. The van der Waals surface area contributed by atoms with Crippen molar-refractivity contribution in [1.29, 1.82) is 0 Å². The fourth-order valence-electron chi connectivity index (χ4n) is 1.26. The number of hydrogen-bond acceptors (Lipinski definition) is 5. The molecule has 0 aromatic carbocycles. The van der Waals surface area contributed by atoms with E-state index in [2.05, 4.69) is 10.1 Å². The van der Waals surface area contributed by atoms with Crippen LogP contribution in [-0.2, 0) is 21.9 Å². The highest BCUT2D eigenvalue weighted by Crippen LogP contribution is 2.19. The molecule has 0 N–H and O–H groups in total. The van der Waals surface area contributed by atoms with Crippen molar-refractivity contribution in [3.05, 3.63) is 24.2 Å². The fraction of sp³-hybridized carbons (Fsp3) is 0.250. The van der Waals surface area contributed by atoms with E-state index in [0.717, 1.165) is 0 Å². The van der Waals surface area contributed by atoms with Gasteiger partial charge in [0.05, 0.1) is 0 Å². The minimum absolute atomic E-state index is 0.257. The van der Waals surface area contributed by atoms with Crippen LogP contribution in [0, 0.1) is 0 Å². The first-order valence-corrected chi connectivity index (χ1v) is 6.79. The van der Waals surface area contributed by atoms with Gasteiger partial charge in [-0.1, -0.05) is 5.16 Å². The summed E-state index contributed by atoms with van der Waals surface area (Å²) in [4.78, 5) is 4.04. The Morgan fingerprint density at radius 3 is 2.88 bits per heavy atom. The van der Waals surface area contributed by atoms with Crippen LogP contribution in [0.1, 0.15) is 5.69 Å². The lowest BCUT2D eigenvalue weighted by Crippen LogP contribution is -1.94.